The number of hydrogen-bond acceptors (Lipinski definition) is 3. The van der Waals surface area contributed by atoms with Gasteiger partial charge in [-0.3, -0.25) is 5.10 Å². The molecule has 1 aromatic carbocycles. The lowest BCUT2D eigenvalue weighted by atomic mass is 9.94. The van der Waals surface area contributed by atoms with Crippen LogP contribution in [-0.4, -0.2) is 35.4 Å². The zero-order valence-electron chi connectivity index (χ0n) is 14.4. The molecule has 0 fully saturated rings. The first-order valence-electron chi connectivity index (χ1n) is 8.44. The van der Waals surface area contributed by atoms with Crippen molar-refractivity contribution in [3.05, 3.63) is 53.1 Å². The molecule has 1 aromatic heterocycles. The van der Waals surface area contributed by atoms with E-state index in [4.69, 9.17) is 4.74 Å². The molecule has 2 amide bonds. The molecule has 1 aliphatic carbocycles. The number of aromatic nitrogens is 2. The first-order chi connectivity index (χ1) is 12.1. The summed E-state index contributed by atoms with van der Waals surface area (Å²) in [6.45, 7) is 1.80. The fourth-order valence-corrected chi connectivity index (χ4v) is 3.35. The van der Waals surface area contributed by atoms with Crippen LogP contribution in [0.15, 0.2) is 30.5 Å². The van der Waals surface area contributed by atoms with Crippen LogP contribution in [0.2, 0.25) is 0 Å². The summed E-state index contributed by atoms with van der Waals surface area (Å²) in [5.41, 5.74) is 2.72. The number of H-pyrrole nitrogens is 1. The van der Waals surface area contributed by atoms with Gasteiger partial charge < -0.3 is 15.4 Å². The van der Waals surface area contributed by atoms with Gasteiger partial charge in [-0.15, -0.1) is 0 Å². The number of ether oxygens (including phenoxy) is 1. The molecule has 0 radical (unpaired) electrons. The van der Waals surface area contributed by atoms with Crippen molar-refractivity contribution >= 4 is 6.03 Å². The normalized spacial score (nSPS) is 18.9. The predicted molar refractivity (Wildman–Crippen MR) is 91.7 cm³/mol. The Kier molecular flexibility index (Phi) is 5.33. The van der Waals surface area contributed by atoms with Crippen molar-refractivity contribution in [3.63, 3.8) is 0 Å². The zero-order valence-corrected chi connectivity index (χ0v) is 14.4. The monoisotopic (exact) mass is 346 g/mol. The number of aromatic amines is 1. The van der Waals surface area contributed by atoms with E-state index >= 15 is 0 Å². The van der Waals surface area contributed by atoms with Gasteiger partial charge in [0, 0.05) is 30.8 Å². The second-order valence-electron chi connectivity index (χ2n) is 6.40. The zero-order chi connectivity index (χ0) is 17.8. The fraction of sp³-hybridized carbons (Fsp3) is 0.444. The van der Waals surface area contributed by atoms with Crippen molar-refractivity contribution in [3.8, 4) is 0 Å². The van der Waals surface area contributed by atoms with Crippen LogP contribution < -0.4 is 10.6 Å². The van der Waals surface area contributed by atoms with Gasteiger partial charge in [-0.25, -0.2) is 9.18 Å². The number of amides is 2. The van der Waals surface area contributed by atoms with E-state index in [0.717, 1.165) is 25.0 Å². The fourth-order valence-electron chi connectivity index (χ4n) is 3.35. The van der Waals surface area contributed by atoms with Crippen molar-refractivity contribution in [2.75, 3.05) is 7.11 Å². The van der Waals surface area contributed by atoms with Crippen molar-refractivity contribution in [2.24, 2.45) is 0 Å². The molecule has 2 aromatic rings. The van der Waals surface area contributed by atoms with E-state index in [1.165, 1.54) is 18.7 Å². The number of carbonyl (C=O) groups is 1. The molecule has 0 aliphatic heterocycles. The lowest BCUT2D eigenvalue weighted by Gasteiger charge is -2.27. The Morgan fingerprint density at radius 2 is 2.24 bits per heavy atom. The third-order valence-electron chi connectivity index (χ3n) is 4.63. The Hall–Kier alpha value is -2.41. The third kappa shape index (κ3) is 3.99. The molecule has 3 rings (SSSR count). The Balaban J connectivity index is 1.58. The van der Waals surface area contributed by atoms with Crippen LogP contribution in [0.25, 0.3) is 0 Å². The number of urea groups is 1. The van der Waals surface area contributed by atoms with E-state index in [2.05, 4.69) is 20.8 Å². The summed E-state index contributed by atoms with van der Waals surface area (Å²) >= 11 is 0. The topological polar surface area (TPSA) is 79.0 Å². The molecule has 0 bridgehead atoms. The SMILES string of the molecule is CO[C@H](c1ccccc1F)[C@@H](C)NC(=O)N[C@H]1CCc2cn[nH]c2C1. The molecule has 0 unspecified atom stereocenters. The molecular formula is C18H23FN4O2. The maximum Gasteiger partial charge on any atom is 0.315 e. The number of rotatable bonds is 5. The molecule has 25 heavy (non-hydrogen) atoms. The molecule has 6 nitrogen and oxygen atoms in total. The Labute approximate surface area is 146 Å². The van der Waals surface area contributed by atoms with E-state index in [-0.39, 0.29) is 23.9 Å². The van der Waals surface area contributed by atoms with E-state index in [0.29, 0.717) is 5.56 Å². The first-order valence-corrected chi connectivity index (χ1v) is 8.44. The highest BCUT2D eigenvalue weighted by atomic mass is 19.1. The van der Waals surface area contributed by atoms with Gasteiger partial charge >= 0.3 is 6.03 Å². The number of carbonyl (C=O) groups excluding carboxylic acids is 1. The van der Waals surface area contributed by atoms with Crippen LogP contribution in [0.5, 0.6) is 0 Å². The van der Waals surface area contributed by atoms with Crippen LogP contribution in [0, 0.1) is 5.82 Å². The number of halogens is 1. The second kappa shape index (κ2) is 7.65. The van der Waals surface area contributed by atoms with Crippen LogP contribution >= 0.6 is 0 Å². The summed E-state index contributed by atoms with van der Waals surface area (Å²) in [4.78, 5) is 12.3. The number of hydrogen-bond donors (Lipinski definition) is 3. The van der Waals surface area contributed by atoms with E-state index in [9.17, 15) is 9.18 Å². The van der Waals surface area contributed by atoms with Gasteiger partial charge in [-0.1, -0.05) is 18.2 Å². The van der Waals surface area contributed by atoms with E-state index < -0.39 is 6.10 Å². The van der Waals surface area contributed by atoms with E-state index in [1.54, 1.807) is 25.1 Å². The van der Waals surface area contributed by atoms with Gasteiger partial charge in [0.2, 0.25) is 0 Å². The first kappa shape index (κ1) is 17.4. The molecule has 134 valence electrons. The summed E-state index contributed by atoms with van der Waals surface area (Å²) < 4.78 is 19.4. The highest BCUT2D eigenvalue weighted by Gasteiger charge is 2.25. The van der Waals surface area contributed by atoms with Crippen molar-refractivity contribution in [1.82, 2.24) is 20.8 Å². The van der Waals surface area contributed by atoms with Crippen LogP contribution in [0.1, 0.15) is 36.3 Å². The molecular weight excluding hydrogens is 323 g/mol. The number of aryl methyl sites for hydroxylation is 1. The Bertz CT molecular complexity index is 733. The lowest BCUT2D eigenvalue weighted by Crippen LogP contribution is -2.48. The number of nitrogens with one attached hydrogen (secondary N) is 3. The Morgan fingerprint density at radius 3 is 3.00 bits per heavy atom. The minimum atomic E-state index is -0.558. The Morgan fingerprint density at radius 1 is 1.44 bits per heavy atom. The predicted octanol–water partition coefficient (Wildman–Crippen LogP) is 2.48. The molecule has 1 aliphatic rings. The maximum absolute atomic E-state index is 14.0. The molecule has 1 heterocycles. The summed E-state index contributed by atoms with van der Waals surface area (Å²) in [6, 6.07) is 5.82. The van der Waals surface area contributed by atoms with Crippen LogP contribution in [0.4, 0.5) is 9.18 Å². The minimum Gasteiger partial charge on any atom is -0.375 e. The van der Waals surface area contributed by atoms with Gasteiger partial charge in [0.15, 0.2) is 0 Å². The molecule has 0 saturated carbocycles. The largest absolute Gasteiger partial charge is 0.375 e. The quantitative estimate of drug-likeness (QED) is 0.778. The summed E-state index contributed by atoms with van der Waals surface area (Å²) in [6.07, 6.45) is 3.78. The highest BCUT2D eigenvalue weighted by molar-refractivity contribution is 5.74. The van der Waals surface area contributed by atoms with Gasteiger partial charge in [-0.05, 0) is 31.4 Å². The molecule has 0 spiro atoms. The summed E-state index contributed by atoms with van der Waals surface area (Å²) in [7, 11) is 1.51. The van der Waals surface area contributed by atoms with Crippen LogP contribution in [0.3, 0.4) is 0 Å². The second-order valence-corrected chi connectivity index (χ2v) is 6.40. The smallest absolute Gasteiger partial charge is 0.315 e. The summed E-state index contributed by atoms with van der Waals surface area (Å²) in [5, 5.41) is 12.8. The average molecular weight is 346 g/mol. The number of fused-ring (bicyclic) bond motifs is 1. The third-order valence-corrected chi connectivity index (χ3v) is 4.63. The number of methoxy groups -OCH3 is 1. The highest BCUT2D eigenvalue weighted by Crippen LogP contribution is 2.23. The number of benzene rings is 1. The minimum absolute atomic E-state index is 0.0506. The maximum atomic E-state index is 14.0. The van der Waals surface area contributed by atoms with Crippen LogP contribution in [-0.2, 0) is 17.6 Å². The van der Waals surface area contributed by atoms with Crippen molar-refractivity contribution in [2.45, 2.75) is 44.4 Å². The number of nitrogens with zero attached hydrogens (tertiary/aromatic N) is 1. The van der Waals surface area contributed by atoms with Crippen molar-refractivity contribution < 1.29 is 13.9 Å². The van der Waals surface area contributed by atoms with Gasteiger partial charge in [0.05, 0.1) is 12.2 Å². The molecule has 3 N–H and O–H groups in total. The summed E-state index contributed by atoms with van der Waals surface area (Å²) in [5.74, 6) is -0.345. The van der Waals surface area contributed by atoms with Crippen molar-refractivity contribution in [1.29, 1.82) is 0 Å². The average Bonchev–Trinajstić information content (AvgIpc) is 3.04. The van der Waals surface area contributed by atoms with Gasteiger partial charge in [0.1, 0.15) is 11.9 Å². The molecule has 3 atom stereocenters. The van der Waals surface area contributed by atoms with Gasteiger partial charge in [0.25, 0.3) is 0 Å². The standard InChI is InChI=1S/C18H23FN4O2/c1-11(17(25-2)14-5-3-4-6-15(14)19)21-18(24)22-13-8-7-12-10-20-23-16(12)9-13/h3-6,10-11,13,17H,7-9H2,1-2H3,(H,20,23)(H2,21,22,24)/t11-,13+,17+/m1/s1. The van der Waals surface area contributed by atoms with E-state index in [1.807, 2.05) is 6.20 Å². The van der Waals surface area contributed by atoms with Gasteiger partial charge in [-0.2, -0.15) is 5.10 Å². The lowest BCUT2D eigenvalue weighted by molar-refractivity contribution is 0.0731. The molecule has 7 heteroatoms. The molecule has 0 saturated heterocycles.